The highest BCUT2D eigenvalue weighted by molar-refractivity contribution is 5.81. The molecular formula is C14H24N2O4. The highest BCUT2D eigenvalue weighted by Gasteiger charge is 2.33. The number of carboxylic acid groups (broad SMARTS) is 1. The number of hydrogen-bond acceptors (Lipinski definition) is 4. The predicted molar refractivity (Wildman–Crippen MR) is 73.5 cm³/mol. The molecule has 2 saturated heterocycles. The van der Waals surface area contributed by atoms with E-state index in [4.69, 9.17) is 9.84 Å². The summed E-state index contributed by atoms with van der Waals surface area (Å²) in [6.45, 7) is 5.18. The molecule has 114 valence electrons. The molecule has 6 nitrogen and oxygen atoms in total. The Bertz CT molecular complexity index is 355. The highest BCUT2D eigenvalue weighted by Crippen LogP contribution is 2.23. The number of likely N-dealkylation sites (tertiary alicyclic amines) is 1. The van der Waals surface area contributed by atoms with Gasteiger partial charge in [0.2, 0.25) is 5.91 Å². The molecule has 2 atom stereocenters. The number of ether oxygens (including phenoxy) is 1. The topological polar surface area (TPSA) is 70.1 Å². The second-order valence-electron chi connectivity index (χ2n) is 5.60. The SMILES string of the molecule is CC(C(=O)N1CCOCC1)N1CCCCC1CC(=O)O. The molecule has 0 aromatic heterocycles. The molecule has 0 radical (unpaired) electrons. The molecule has 0 aliphatic carbocycles. The van der Waals surface area contributed by atoms with Crippen LogP contribution in [-0.4, -0.2) is 71.7 Å². The Morgan fingerprint density at radius 3 is 2.60 bits per heavy atom. The van der Waals surface area contributed by atoms with Gasteiger partial charge >= 0.3 is 5.97 Å². The number of hydrogen-bond donors (Lipinski definition) is 1. The monoisotopic (exact) mass is 284 g/mol. The molecule has 2 aliphatic heterocycles. The number of nitrogens with zero attached hydrogens (tertiary/aromatic N) is 2. The van der Waals surface area contributed by atoms with Crippen molar-refractivity contribution in [1.82, 2.24) is 9.80 Å². The maximum atomic E-state index is 12.5. The average molecular weight is 284 g/mol. The van der Waals surface area contributed by atoms with Crippen molar-refractivity contribution in [3.05, 3.63) is 0 Å². The molecule has 1 amide bonds. The summed E-state index contributed by atoms with van der Waals surface area (Å²) in [4.78, 5) is 27.4. The van der Waals surface area contributed by atoms with Crippen LogP contribution in [0.2, 0.25) is 0 Å². The van der Waals surface area contributed by atoms with Gasteiger partial charge < -0.3 is 14.7 Å². The zero-order valence-electron chi connectivity index (χ0n) is 12.1. The zero-order valence-corrected chi connectivity index (χ0v) is 12.1. The number of morpholine rings is 1. The molecular weight excluding hydrogens is 260 g/mol. The van der Waals surface area contributed by atoms with Gasteiger partial charge in [0.15, 0.2) is 0 Å². The van der Waals surface area contributed by atoms with Gasteiger partial charge in [0, 0.05) is 19.1 Å². The summed E-state index contributed by atoms with van der Waals surface area (Å²) >= 11 is 0. The number of carbonyl (C=O) groups excluding carboxylic acids is 1. The lowest BCUT2D eigenvalue weighted by molar-refractivity contribution is -0.145. The van der Waals surface area contributed by atoms with E-state index in [1.807, 2.05) is 11.8 Å². The first-order chi connectivity index (χ1) is 9.59. The summed E-state index contributed by atoms with van der Waals surface area (Å²) in [5.41, 5.74) is 0. The highest BCUT2D eigenvalue weighted by atomic mass is 16.5. The summed E-state index contributed by atoms with van der Waals surface area (Å²) < 4.78 is 5.26. The Morgan fingerprint density at radius 1 is 1.25 bits per heavy atom. The fourth-order valence-electron chi connectivity index (χ4n) is 3.14. The first kappa shape index (κ1) is 15.3. The molecule has 0 spiro atoms. The molecule has 0 saturated carbocycles. The van der Waals surface area contributed by atoms with Gasteiger partial charge in [0.25, 0.3) is 0 Å². The Hall–Kier alpha value is -1.14. The second-order valence-corrected chi connectivity index (χ2v) is 5.60. The van der Waals surface area contributed by atoms with Gasteiger partial charge in [0.05, 0.1) is 25.7 Å². The third kappa shape index (κ3) is 3.70. The summed E-state index contributed by atoms with van der Waals surface area (Å²) in [5, 5.41) is 9.01. The zero-order chi connectivity index (χ0) is 14.5. The average Bonchev–Trinajstić information content (AvgIpc) is 2.46. The van der Waals surface area contributed by atoms with E-state index in [1.165, 1.54) is 0 Å². The van der Waals surface area contributed by atoms with Crippen LogP contribution in [0.1, 0.15) is 32.6 Å². The Kier molecular flexibility index (Phi) is 5.37. The van der Waals surface area contributed by atoms with Crippen molar-refractivity contribution in [2.75, 3.05) is 32.8 Å². The molecule has 0 aromatic carbocycles. The van der Waals surface area contributed by atoms with Gasteiger partial charge in [0.1, 0.15) is 0 Å². The van der Waals surface area contributed by atoms with Crippen LogP contribution in [0.3, 0.4) is 0 Å². The number of amides is 1. The molecule has 20 heavy (non-hydrogen) atoms. The summed E-state index contributed by atoms with van der Waals surface area (Å²) in [6, 6.07) is -0.251. The van der Waals surface area contributed by atoms with Gasteiger partial charge in [-0.1, -0.05) is 6.42 Å². The van der Waals surface area contributed by atoms with Crippen LogP contribution < -0.4 is 0 Å². The lowest BCUT2D eigenvalue weighted by atomic mass is 9.97. The van der Waals surface area contributed by atoms with E-state index in [9.17, 15) is 9.59 Å². The van der Waals surface area contributed by atoms with E-state index in [0.29, 0.717) is 26.3 Å². The molecule has 2 heterocycles. The van der Waals surface area contributed by atoms with Crippen LogP contribution in [0.15, 0.2) is 0 Å². The molecule has 0 aromatic rings. The minimum atomic E-state index is -0.784. The van der Waals surface area contributed by atoms with Crippen LogP contribution >= 0.6 is 0 Å². The largest absolute Gasteiger partial charge is 0.481 e. The number of piperidine rings is 1. The standard InChI is InChI=1S/C14H24N2O4/c1-11(14(19)15-6-8-20-9-7-15)16-5-3-2-4-12(16)10-13(17)18/h11-12H,2-10H2,1H3,(H,17,18). The minimum Gasteiger partial charge on any atom is -0.481 e. The Labute approximate surface area is 119 Å². The summed E-state index contributed by atoms with van der Waals surface area (Å²) in [7, 11) is 0. The van der Waals surface area contributed by atoms with Crippen molar-refractivity contribution in [2.24, 2.45) is 0 Å². The van der Waals surface area contributed by atoms with E-state index in [-0.39, 0.29) is 24.4 Å². The normalized spacial score (nSPS) is 26.2. The van der Waals surface area contributed by atoms with Gasteiger partial charge in [-0.15, -0.1) is 0 Å². The lowest BCUT2D eigenvalue weighted by Gasteiger charge is -2.40. The second kappa shape index (κ2) is 7.04. The van der Waals surface area contributed by atoms with Crippen LogP contribution in [0, 0.1) is 0 Å². The van der Waals surface area contributed by atoms with Crippen LogP contribution in [-0.2, 0) is 14.3 Å². The molecule has 6 heteroatoms. The molecule has 0 bridgehead atoms. The van der Waals surface area contributed by atoms with Crippen molar-refractivity contribution in [1.29, 1.82) is 0 Å². The van der Waals surface area contributed by atoms with Crippen molar-refractivity contribution >= 4 is 11.9 Å². The Morgan fingerprint density at radius 2 is 1.95 bits per heavy atom. The summed E-state index contributed by atoms with van der Waals surface area (Å²) in [6.07, 6.45) is 3.08. The quantitative estimate of drug-likeness (QED) is 0.817. The number of aliphatic carboxylic acids is 1. The first-order valence-electron chi connectivity index (χ1n) is 7.43. The smallest absolute Gasteiger partial charge is 0.304 e. The van der Waals surface area contributed by atoms with E-state index in [1.54, 1.807) is 0 Å². The fourth-order valence-corrected chi connectivity index (χ4v) is 3.14. The van der Waals surface area contributed by atoms with Crippen molar-refractivity contribution in [3.63, 3.8) is 0 Å². The number of rotatable bonds is 4. The van der Waals surface area contributed by atoms with E-state index in [2.05, 4.69) is 4.90 Å². The van der Waals surface area contributed by atoms with E-state index < -0.39 is 5.97 Å². The molecule has 2 rings (SSSR count). The first-order valence-corrected chi connectivity index (χ1v) is 7.43. The van der Waals surface area contributed by atoms with Crippen LogP contribution in [0.5, 0.6) is 0 Å². The van der Waals surface area contributed by atoms with Crippen LogP contribution in [0.4, 0.5) is 0 Å². The van der Waals surface area contributed by atoms with Gasteiger partial charge in [-0.05, 0) is 26.3 Å². The summed E-state index contributed by atoms with van der Waals surface area (Å²) in [5.74, 6) is -0.682. The van der Waals surface area contributed by atoms with E-state index >= 15 is 0 Å². The van der Waals surface area contributed by atoms with Crippen molar-refractivity contribution in [2.45, 2.75) is 44.7 Å². The lowest BCUT2D eigenvalue weighted by Crippen LogP contribution is -2.55. The minimum absolute atomic E-state index is 0.0127. The molecule has 2 unspecified atom stereocenters. The Balaban J connectivity index is 1.98. The maximum Gasteiger partial charge on any atom is 0.304 e. The van der Waals surface area contributed by atoms with Crippen LogP contribution in [0.25, 0.3) is 0 Å². The van der Waals surface area contributed by atoms with Crippen molar-refractivity contribution < 1.29 is 19.4 Å². The fraction of sp³-hybridized carbons (Fsp3) is 0.857. The maximum absolute atomic E-state index is 12.5. The molecule has 2 aliphatic rings. The van der Waals surface area contributed by atoms with Gasteiger partial charge in [-0.25, -0.2) is 0 Å². The third-order valence-electron chi connectivity index (χ3n) is 4.26. The molecule has 2 fully saturated rings. The predicted octanol–water partition coefficient (Wildman–Crippen LogP) is 0.563. The van der Waals surface area contributed by atoms with E-state index in [0.717, 1.165) is 25.8 Å². The molecule has 1 N–H and O–H groups in total. The van der Waals surface area contributed by atoms with Gasteiger partial charge in [-0.2, -0.15) is 0 Å². The number of carboxylic acids is 1. The van der Waals surface area contributed by atoms with Crippen molar-refractivity contribution in [3.8, 4) is 0 Å². The van der Waals surface area contributed by atoms with Gasteiger partial charge in [-0.3, -0.25) is 14.5 Å². The third-order valence-corrected chi connectivity index (χ3v) is 4.26. The number of carbonyl (C=O) groups is 2.